The van der Waals surface area contributed by atoms with Gasteiger partial charge in [0.1, 0.15) is 6.04 Å². The average Bonchev–Trinajstić information content (AvgIpc) is 2.74. The van der Waals surface area contributed by atoms with Gasteiger partial charge in [-0.3, -0.25) is 9.59 Å². The van der Waals surface area contributed by atoms with E-state index in [-0.39, 0.29) is 17.7 Å². The van der Waals surface area contributed by atoms with E-state index in [1.165, 1.54) is 0 Å². The van der Waals surface area contributed by atoms with Gasteiger partial charge in [-0.25, -0.2) is 0 Å². The first-order chi connectivity index (χ1) is 14.0. The maximum absolute atomic E-state index is 12.7. The average molecular weight is 408 g/mol. The Kier molecular flexibility index (Phi) is 11.8. The maximum atomic E-state index is 12.7. The van der Waals surface area contributed by atoms with Crippen molar-refractivity contribution in [3.05, 3.63) is 23.8 Å². The van der Waals surface area contributed by atoms with Crippen LogP contribution in [0, 0.1) is 5.92 Å². The summed E-state index contributed by atoms with van der Waals surface area (Å²) in [6.07, 6.45) is 4.52. The van der Waals surface area contributed by atoms with Gasteiger partial charge in [0.2, 0.25) is 11.8 Å². The summed E-state index contributed by atoms with van der Waals surface area (Å²) >= 11 is 0. The molecule has 7 heteroatoms. The van der Waals surface area contributed by atoms with Crippen molar-refractivity contribution < 1.29 is 19.1 Å². The standard InChI is InChI=1S/C22H37N3O4/c1-5-16(2)21(25-20(26)9-7-6-8-13-23)22(27)24-14-12-17-10-11-18(28-3)19(15-17)29-4/h10-11,15-16,21H,5-9,12-14,23H2,1-4H3,(H,24,27)(H,25,26)/t16-,21+/m1/s1. The number of hydrogen-bond acceptors (Lipinski definition) is 5. The highest BCUT2D eigenvalue weighted by Gasteiger charge is 2.25. The van der Waals surface area contributed by atoms with Crippen LogP contribution in [0.5, 0.6) is 11.5 Å². The topological polar surface area (TPSA) is 103 Å². The Morgan fingerprint density at radius 3 is 2.45 bits per heavy atom. The molecule has 0 aliphatic heterocycles. The molecular formula is C22H37N3O4. The molecule has 0 radical (unpaired) electrons. The smallest absolute Gasteiger partial charge is 0.242 e. The van der Waals surface area contributed by atoms with Gasteiger partial charge in [-0.2, -0.15) is 0 Å². The van der Waals surface area contributed by atoms with Crippen molar-refractivity contribution >= 4 is 11.8 Å². The minimum atomic E-state index is -0.521. The van der Waals surface area contributed by atoms with E-state index < -0.39 is 6.04 Å². The van der Waals surface area contributed by atoms with Crippen molar-refractivity contribution in [3.8, 4) is 11.5 Å². The van der Waals surface area contributed by atoms with E-state index >= 15 is 0 Å². The van der Waals surface area contributed by atoms with E-state index in [0.717, 1.165) is 31.2 Å². The number of methoxy groups -OCH3 is 2. The minimum absolute atomic E-state index is 0.0593. The molecule has 1 rings (SSSR count). The molecule has 0 aromatic heterocycles. The van der Waals surface area contributed by atoms with Crippen molar-refractivity contribution in [3.63, 3.8) is 0 Å². The molecule has 2 atom stereocenters. The fraction of sp³-hybridized carbons (Fsp3) is 0.636. The van der Waals surface area contributed by atoms with Crippen molar-refractivity contribution in [2.24, 2.45) is 11.7 Å². The van der Waals surface area contributed by atoms with Crippen LogP contribution in [0.15, 0.2) is 18.2 Å². The van der Waals surface area contributed by atoms with Crippen LogP contribution in [-0.4, -0.2) is 45.2 Å². The number of carbonyl (C=O) groups excluding carboxylic acids is 2. The molecule has 0 bridgehead atoms. The lowest BCUT2D eigenvalue weighted by molar-refractivity contribution is -0.130. The molecule has 2 amide bonds. The summed E-state index contributed by atoms with van der Waals surface area (Å²) in [5.74, 6) is 1.17. The number of hydrogen-bond donors (Lipinski definition) is 3. The molecule has 0 spiro atoms. The molecule has 0 saturated heterocycles. The van der Waals surface area contributed by atoms with Crippen LogP contribution in [0.3, 0.4) is 0 Å². The SMILES string of the molecule is CC[C@@H](C)[C@H](NC(=O)CCCCCN)C(=O)NCCc1ccc(OC)c(OC)c1. The number of nitrogens with two attached hydrogens (primary N) is 1. The van der Waals surface area contributed by atoms with Gasteiger partial charge < -0.3 is 25.8 Å². The summed E-state index contributed by atoms with van der Waals surface area (Å²) in [6.45, 7) is 5.11. The second-order valence-corrected chi connectivity index (χ2v) is 7.26. The van der Waals surface area contributed by atoms with E-state index in [1.807, 2.05) is 32.0 Å². The summed E-state index contributed by atoms with van der Waals surface area (Å²) in [4.78, 5) is 24.9. The second-order valence-electron chi connectivity index (χ2n) is 7.26. The first kappa shape index (κ1) is 24.8. The van der Waals surface area contributed by atoms with E-state index in [0.29, 0.717) is 37.4 Å². The quantitative estimate of drug-likeness (QED) is 0.411. The van der Waals surface area contributed by atoms with E-state index in [2.05, 4.69) is 10.6 Å². The molecule has 0 aliphatic carbocycles. The number of carbonyl (C=O) groups is 2. The summed E-state index contributed by atoms with van der Waals surface area (Å²) in [6, 6.07) is 5.18. The zero-order chi connectivity index (χ0) is 21.6. The van der Waals surface area contributed by atoms with Gasteiger partial charge in [-0.1, -0.05) is 32.8 Å². The second kappa shape index (κ2) is 13.8. The molecule has 164 valence electrons. The van der Waals surface area contributed by atoms with Crippen LogP contribution in [0.2, 0.25) is 0 Å². The Hall–Kier alpha value is -2.28. The number of rotatable bonds is 14. The monoisotopic (exact) mass is 407 g/mol. The molecule has 7 nitrogen and oxygen atoms in total. The molecule has 0 aliphatic rings. The van der Waals surface area contributed by atoms with Crippen LogP contribution in [-0.2, 0) is 16.0 Å². The van der Waals surface area contributed by atoms with Crippen molar-refractivity contribution in [2.45, 2.75) is 58.4 Å². The van der Waals surface area contributed by atoms with E-state index in [9.17, 15) is 9.59 Å². The van der Waals surface area contributed by atoms with Crippen LogP contribution in [0.1, 0.15) is 51.5 Å². The molecule has 0 heterocycles. The summed E-state index contributed by atoms with van der Waals surface area (Å²) in [5, 5.41) is 5.86. The highest BCUT2D eigenvalue weighted by molar-refractivity contribution is 5.87. The fourth-order valence-electron chi connectivity index (χ4n) is 3.03. The maximum Gasteiger partial charge on any atom is 0.242 e. The molecule has 1 aromatic rings. The first-order valence-corrected chi connectivity index (χ1v) is 10.4. The minimum Gasteiger partial charge on any atom is -0.493 e. The highest BCUT2D eigenvalue weighted by atomic mass is 16.5. The summed E-state index contributed by atoms with van der Waals surface area (Å²) in [5.41, 5.74) is 6.51. The molecule has 4 N–H and O–H groups in total. The van der Waals surface area contributed by atoms with Gasteiger partial charge in [0.25, 0.3) is 0 Å². The van der Waals surface area contributed by atoms with Gasteiger partial charge in [-0.15, -0.1) is 0 Å². The van der Waals surface area contributed by atoms with E-state index in [4.69, 9.17) is 15.2 Å². The predicted octanol–water partition coefficient (Wildman–Crippen LogP) is 2.41. The molecule has 0 unspecified atom stereocenters. The lowest BCUT2D eigenvalue weighted by Crippen LogP contribution is -2.50. The van der Waals surface area contributed by atoms with Crippen molar-refractivity contribution in [1.82, 2.24) is 10.6 Å². The Labute approximate surface area is 174 Å². The zero-order valence-electron chi connectivity index (χ0n) is 18.3. The lowest BCUT2D eigenvalue weighted by Gasteiger charge is -2.23. The Balaban J connectivity index is 2.57. The first-order valence-electron chi connectivity index (χ1n) is 10.4. The third-order valence-corrected chi connectivity index (χ3v) is 5.08. The number of unbranched alkanes of at least 4 members (excludes halogenated alkanes) is 2. The summed E-state index contributed by atoms with van der Waals surface area (Å²) < 4.78 is 10.6. The third-order valence-electron chi connectivity index (χ3n) is 5.08. The number of benzene rings is 1. The van der Waals surface area contributed by atoms with Crippen LogP contribution in [0.25, 0.3) is 0 Å². The van der Waals surface area contributed by atoms with Gasteiger partial charge >= 0.3 is 0 Å². The Morgan fingerprint density at radius 2 is 1.83 bits per heavy atom. The van der Waals surface area contributed by atoms with Crippen molar-refractivity contribution in [1.29, 1.82) is 0 Å². The molecule has 0 fully saturated rings. The van der Waals surface area contributed by atoms with Crippen LogP contribution in [0.4, 0.5) is 0 Å². The number of ether oxygens (including phenoxy) is 2. The lowest BCUT2D eigenvalue weighted by atomic mass is 9.98. The van der Waals surface area contributed by atoms with Crippen LogP contribution >= 0.6 is 0 Å². The number of nitrogens with one attached hydrogen (secondary N) is 2. The Morgan fingerprint density at radius 1 is 1.10 bits per heavy atom. The van der Waals surface area contributed by atoms with Crippen molar-refractivity contribution in [2.75, 3.05) is 27.3 Å². The normalized spacial score (nSPS) is 12.7. The molecule has 29 heavy (non-hydrogen) atoms. The molecular weight excluding hydrogens is 370 g/mol. The largest absolute Gasteiger partial charge is 0.493 e. The van der Waals surface area contributed by atoms with Crippen LogP contribution < -0.4 is 25.8 Å². The molecule has 0 saturated carbocycles. The highest BCUT2D eigenvalue weighted by Crippen LogP contribution is 2.27. The zero-order valence-corrected chi connectivity index (χ0v) is 18.3. The van der Waals surface area contributed by atoms with Gasteiger partial charge in [0, 0.05) is 13.0 Å². The molecule has 1 aromatic carbocycles. The van der Waals surface area contributed by atoms with E-state index in [1.54, 1.807) is 14.2 Å². The summed E-state index contributed by atoms with van der Waals surface area (Å²) in [7, 11) is 3.19. The van der Waals surface area contributed by atoms with Gasteiger partial charge in [0.15, 0.2) is 11.5 Å². The third kappa shape index (κ3) is 8.73. The van der Waals surface area contributed by atoms with Gasteiger partial charge in [-0.05, 0) is 49.4 Å². The number of amides is 2. The predicted molar refractivity (Wildman–Crippen MR) is 115 cm³/mol. The Bertz CT molecular complexity index is 636. The van der Waals surface area contributed by atoms with Gasteiger partial charge in [0.05, 0.1) is 14.2 Å². The fourth-order valence-corrected chi connectivity index (χ4v) is 3.03.